The van der Waals surface area contributed by atoms with Gasteiger partial charge in [0.2, 0.25) is 21.8 Å². The van der Waals surface area contributed by atoms with Crippen LogP contribution in [0.4, 0.5) is 0 Å². The molecule has 0 spiro atoms. The number of nitrogens with one attached hydrogen (secondary N) is 1. The van der Waals surface area contributed by atoms with Crippen LogP contribution in [0.2, 0.25) is 0 Å². The molecule has 1 aliphatic heterocycles. The maximum Gasteiger partial charge on any atom is 0.243 e. The van der Waals surface area contributed by atoms with Crippen LogP contribution in [-0.4, -0.2) is 60.7 Å². The fourth-order valence-electron chi connectivity index (χ4n) is 3.46. The lowest BCUT2D eigenvalue weighted by molar-refractivity contribution is -0.142. The van der Waals surface area contributed by atoms with E-state index in [2.05, 4.69) is 5.32 Å². The average Bonchev–Trinajstić information content (AvgIpc) is 2.76. The first kappa shape index (κ1) is 23.3. The van der Waals surface area contributed by atoms with Crippen LogP contribution in [0, 0.1) is 12.8 Å². The summed E-state index contributed by atoms with van der Waals surface area (Å²) >= 11 is 0. The highest BCUT2D eigenvalue weighted by atomic mass is 32.2. The van der Waals surface area contributed by atoms with E-state index in [1.54, 1.807) is 24.3 Å². The van der Waals surface area contributed by atoms with Crippen molar-refractivity contribution in [2.75, 3.05) is 19.6 Å². The molecule has 2 amide bonds. The van der Waals surface area contributed by atoms with Gasteiger partial charge in [-0.3, -0.25) is 9.59 Å². The van der Waals surface area contributed by atoms with Crippen molar-refractivity contribution in [1.29, 1.82) is 0 Å². The first-order valence-electron chi connectivity index (χ1n) is 10.0. The molecule has 2 rings (SSSR count). The minimum absolute atomic E-state index is 0.0527. The zero-order valence-corrected chi connectivity index (χ0v) is 19.0. The lowest BCUT2D eigenvalue weighted by atomic mass is 9.99. The molecule has 8 heteroatoms. The second kappa shape index (κ2) is 8.83. The first-order valence-corrected chi connectivity index (χ1v) is 11.5. The lowest BCUT2D eigenvalue weighted by Crippen LogP contribution is -2.56. The third-order valence-electron chi connectivity index (χ3n) is 4.88. The second-order valence-electron chi connectivity index (χ2n) is 8.98. The van der Waals surface area contributed by atoms with E-state index >= 15 is 0 Å². The van der Waals surface area contributed by atoms with E-state index in [1.807, 2.05) is 41.5 Å². The van der Waals surface area contributed by atoms with E-state index in [9.17, 15) is 18.0 Å². The summed E-state index contributed by atoms with van der Waals surface area (Å²) in [6, 6.07) is 6.05. The maximum absolute atomic E-state index is 13.0. The predicted molar refractivity (Wildman–Crippen MR) is 113 cm³/mol. The monoisotopic (exact) mass is 423 g/mol. The molecule has 1 N–H and O–H groups in total. The van der Waals surface area contributed by atoms with Gasteiger partial charge >= 0.3 is 0 Å². The molecule has 162 valence electrons. The van der Waals surface area contributed by atoms with Gasteiger partial charge in [0, 0.05) is 31.6 Å². The number of sulfonamides is 1. The van der Waals surface area contributed by atoms with Crippen LogP contribution in [0.15, 0.2) is 29.2 Å². The number of benzene rings is 1. The molecule has 1 aliphatic rings. The van der Waals surface area contributed by atoms with Crippen molar-refractivity contribution >= 4 is 21.8 Å². The van der Waals surface area contributed by atoms with Crippen molar-refractivity contribution in [3.63, 3.8) is 0 Å². The molecule has 1 aromatic rings. The van der Waals surface area contributed by atoms with E-state index in [0.717, 1.165) is 5.56 Å². The van der Waals surface area contributed by atoms with E-state index < -0.39 is 21.6 Å². The van der Waals surface area contributed by atoms with Crippen molar-refractivity contribution < 1.29 is 18.0 Å². The standard InChI is InChI=1S/C21H33N3O4S/c1-15(2)19(20(26)22-21(4,5)6)24-14-13-23(12-11-18(24)25)29(27,28)17-9-7-16(3)8-10-17/h7-10,15,19H,11-14H2,1-6H3,(H,22,26). The molecular formula is C21H33N3O4S. The molecule has 1 unspecified atom stereocenters. The third-order valence-corrected chi connectivity index (χ3v) is 6.79. The molecule has 0 bridgehead atoms. The van der Waals surface area contributed by atoms with Gasteiger partial charge < -0.3 is 10.2 Å². The highest BCUT2D eigenvalue weighted by Gasteiger charge is 2.37. The summed E-state index contributed by atoms with van der Waals surface area (Å²) in [6.07, 6.45) is 0.0527. The molecule has 1 atom stereocenters. The fraction of sp³-hybridized carbons (Fsp3) is 0.619. The Labute approximate surface area is 174 Å². The van der Waals surface area contributed by atoms with Gasteiger partial charge in [0.25, 0.3) is 0 Å². The highest BCUT2D eigenvalue weighted by Crippen LogP contribution is 2.21. The Balaban J connectivity index is 2.23. The van der Waals surface area contributed by atoms with Gasteiger partial charge in [-0.25, -0.2) is 8.42 Å². The van der Waals surface area contributed by atoms with Crippen LogP contribution < -0.4 is 5.32 Å². The van der Waals surface area contributed by atoms with Crippen LogP contribution >= 0.6 is 0 Å². The lowest BCUT2D eigenvalue weighted by Gasteiger charge is -2.35. The third kappa shape index (κ3) is 5.79. The normalized spacial score (nSPS) is 17.9. The van der Waals surface area contributed by atoms with Crippen LogP contribution in [0.5, 0.6) is 0 Å². The summed E-state index contributed by atoms with van der Waals surface area (Å²) in [5.41, 5.74) is 0.561. The molecule has 1 aromatic carbocycles. The molecule has 1 fully saturated rings. The Bertz CT molecular complexity index is 842. The summed E-state index contributed by atoms with van der Waals surface area (Å²) in [6.45, 7) is 11.8. The molecule has 1 saturated heterocycles. The number of carbonyl (C=O) groups is 2. The van der Waals surface area contributed by atoms with Crippen molar-refractivity contribution in [3.05, 3.63) is 29.8 Å². The number of hydrogen-bond donors (Lipinski definition) is 1. The number of aryl methyl sites for hydroxylation is 1. The zero-order chi connectivity index (χ0) is 22.0. The summed E-state index contributed by atoms with van der Waals surface area (Å²) in [4.78, 5) is 27.4. The predicted octanol–water partition coefficient (Wildman–Crippen LogP) is 2.16. The van der Waals surface area contributed by atoms with Crippen LogP contribution in [0.3, 0.4) is 0 Å². The average molecular weight is 424 g/mol. The summed E-state index contributed by atoms with van der Waals surface area (Å²) in [5.74, 6) is -0.508. The first-order chi connectivity index (χ1) is 13.3. The van der Waals surface area contributed by atoms with Crippen molar-refractivity contribution in [3.8, 4) is 0 Å². The molecular weight excluding hydrogens is 390 g/mol. The number of nitrogens with zero attached hydrogens (tertiary/aromatic N) is 2. The molecule has 0 saturated carbocycles. The van der Waals surface area contributed by atoms with E-state index in [0.29, 0.717) is 0 Å². The molecule has 0 aliphatic carbocycles. The van der Waals surface area contributed by atoms with Gasteiger partial charge in [-0.1, -0.05) is 31.5 Å². The van der Waals surface area contributed by atoms with Gasteiger partial charge in [-0.2, -0.15) is 4.31 Å². The molecule has 1 heterocycles. The number of carbonyl (C=O) groups excluding carboxylic acids is 2. The van der Waals surface area contributed by atoms with Gasteiger partial charge in [-0.15, -0.1) is 0 Å². The Kier molecular flexibility index (Phi) is 7.11. The van der Waals surface area contributed by atoms with E-state index in [1.165, 1.54) is 9.21 Å². The van der Waals surface area contributed by atoms with Crippen LogP contribution in [0.1, 0.15) is 46.6 Å². The molecule has 0 aromatic heterocycles. The minimum Gasteiger partial charge on any atom is -0.350 e. The van der Waals surface area contributed by atoms with Crippen molar-refractivity contribution in [1.82, 2.24) is 14.5 Å². The number of amides is 2. The van der Waals surface area contributed by atoms with Crippen LogP contribution in [0.25, 0.3) is 0 Å². The van der Waals surface area contributed by atoms with Gasteiger partial charge in [-0.05, 0) is 45.7 Å². The van der Waals surface area contributed by atoms with Gasteiger partial charge in [0.15, 0.2) is 0 Å². The Hall–Kier alpha value is -1.93. The molecule has 29 heavy (non-hydrogen) atoms. The van der Waals surface area contributed by atoms with E-state index in [-0.39, 0.29) is 48.7 Å². The van der Waals surface area contributed by atoms with Gasteiger partial charge in [0.05, 0.1) is 4.90 Å². The number of rotatable bonds is 5. The minimum atomic E-state index is -3.69. The SMILES string of the molecule is Cc1ccc(S(=O)(=O)N2CCC(=O)N(C(C(=O)NC(C)(C)C)C(C)C)CC2)cc1. The molecule has 7 nitrogen and oxygen atoms in total. The maximum atomic E-state index is 13.0. The number of hydrogen-bond acceptors (Lipinski definition) is 4. The van der Waals surface area contributed by atoms with Gasteiger partial charge in [0.1, 0.15) is 6.04 Å². The fourth-order valence-corrected chi connectivity index (χ4v) is 4.89. The molecule has 0 radical (unpaired) electrons. The quantitative estimate of drug-likeness (QED) is 0.786. The topological polar surface area (TPSA) is 86.8 Å². The Morgan fingerprint density at radius 3 is 2.17 bits per heavy atom. The zero-order valence-electron chi connectivity index (χ0n) is 18.2. The summed E-state index contributed by atoms with van der Waals surface area (Å²) in [5, 5.41) is 2.95. The second-order valence-corrected chi connectivity index (χ2v) is 10.9. The Morgan fingerprint density at radius 1 is 1.07 bits per heavy atom. The largest absolute Gasteiger partial charge is 0.350 e. The van der Waals surface area contributed by atoms with Crippen molar-refractivity contribution in [2.24, 2.45) is 5.92 Å². The Morgan fingerprint density at radius 2 is 1.66 bits per heavy atom. The summed E-state index contributed by atoms with van der Waals surface area (Å²) in [7, 11) is -3.69. The van der Waals surface area contributed by atoms with Crippen LogP contribution in [-0.2, 0) is 19.6 Å². The van der Waals surface area contributed by atoms with E-state index in [4.69, 9.17) is 0 Å². The van der Waals surface area contributed by atoms with Crippen molar-refractivity contribution in [2.45, 2.75) is 64.4 Å². The smallest absolute Gasteiger partial charge is 0.243 e. The summed E-state index contributed by atoms with van der Waals surface area (Å²) < 4.78 is 27.4. The highest BCUT2D eigenvalue weighted by molar-refractivity contribution is 7.89.